The van der Waals surface area contributed by atoms with Gasteiger partial charge in [-0.25, -0.2) is 8.78 Å². The zero-order chi connectivity index (χ0) is 12.1. The molecule has 0 amide bonds. The van der Waals surface area contributed by atoms with Crippen LogP contribution in [0.1, 0.15) is 0 Å². The van der Waals surface area contributed by atoms with Gasteiger partial charge < -0.3 is 4.74 Å². The van der Waals surface area contributed by atoms with Crippen LogP contribution in [0.15, 0.2) is 23.1 Å². The monoisotopic (exact) mass is 248 g/mol. The largest absolute Gasteiger partial charge is 0.377 e. The number of hydrogen-bond acceptors (Lipinski definition) is 3. The highest BCUT2D eigenvalue weighted by Gasteiger charge is 2.14. The van der Waals surface area contributed by atoms with Gasteiger partial charge in [0.15, 0.2) is 5.78 Å². The molecule has 0 bridgehead atoms. The van der Waals surface area contributed by atoms with E-state index in [9.17, 15) is 17.8 Å². The van der Waals surface area contributed by atoms with E-state index in [0.29, 0.717) is 0 Å². The fourth-order valence-electron chi connectivity index (χ4n) is 1.08. The van der Waals surface area contributed by atoms with Gasteiger partial charge in [-0.05, 0) is 18.2 Å². The number of rotatable bonds is 5. The molecule has 0 aromatic heterocycles. The third-order valence-electron chi connectivity index (χ3n) is 1.74. The van der Waals surface area contributed by atoms with Crippen LogP contribution in [0, 0.1) is 11.6 Å². The molecule has 1 unspecified atom stereocenters. The topological polar surface area (TPSA) is 43.4 Å². The van der Waals surface area contributed by atoms with E-state index in [1.807, 2.05) is 0 Å². The number of halogens is 2. The molecule has 1 aromatic carbocycles. The van der Waals surface area contributed by atoms with E-state index in [1.54, 1.807) is 0 Å². The minimum Gasteiger partial charge on any atom is -0.377 e. The third-order valence-corrected chi connectivity index (χ3v) is 3.12. The van der Waals surface area contributed by atoms with E-state index in [4.69, 9.17) is 0 Å². The van der Waals surface area contributed by atoms with E-state index in [-0.39, 0.29) is 17.3 Å². The van der Waals surface area contributed by atoms with Crippen LogP contribution in [-0.2, 0) is 20.3 Å². The lowest BCUT2D eigenvalue weighted by Gasteiger charge is -2.03. The first-order valence-electron chi connectivity index (χ1n) is 4.38. The van der Waals surface area contributed by atoms with Crippen LogP contribution in [0.5, 0.6) is 0 Å². The lowest BCUT2D eigenvalue weighted by atomic mass is 10.3. The van der Waals surface area contributed by atoms with Crippen LogP contribution in [-0.4, -0.2) is 29.5 Å². The number of ketones is 1. The van der Waals surface area contributed by atoms with Crippen LogP contribution < -0.4 is 0 Å². The first kappa shape index (κ1) is 12.9. The molecule has 16 heavy (non-hydrogen) atoms. The van der Waals surface area contributed by atoms with Crippen molar-refractivity contribution in [2.75, 3.05) is 19.5 Å². The Hall–Kier alpha value is -1.14. The Morgan fingerprint density at radius 1 is 1.44 bits per heavy atom. The molecule has 6 heteroatoms. The van der Waals surface area contributed by atoms with Gasteiger partial charge in [-0.2, -0.15) is 0 Å². The van der Waals surface area contributed by atoms with Gasteiger partial charge in [0.2, 0.25) is 0 Å². The molecule has 1 atom stereocenters. The standard InChI is InChI=1S/C10H10F2O3S/c1-15-5-8(13)6-16(14)10-4-7(11)2-3-9(10)12/h2-4H,5-6H2,1H3. The molecule has 0 N–H and O–H groups in total. The molecule has 0 heterocycles. The van der Waals surface area contributed by atoms with Gasteiger partial charge in [-0.15, -0.1) is 0 Å². The van der Waals surface area contributed by atoms with Gasteiger partial charge in [0, 0.05) is 7.11 Å². The Morgan fingerprint density at radius 2 is 2.12 bits per heavy atom. The summed E-state index contributed by atoms with van der Waals surface area (Å²) in [4.78, 5) is 10.8. The van der Waals surface area contributed by atoms with E-state index >= 15 is 0 Å². The molecule has 0 radical (unpaired) electrons. The molecule has 0 aliphatic rings. The number of carbonyl (C=O) groups is 1. The highest BCUT2D eigenvalue weighted by Crippen LogP contribution is 2.14. The van der Waals surface area contributed by atoms with Gasteiger partial charge in [0.05, 0.1) is 21.4 Å². The number of Topliss-reactive ketones (excluding diaryl/α,β-unsaturated/α-hetero) is 1. The predicted molar refractivity (Wildman–Crippen MR) is 54.5 cm³/mol. The van der Waals surface area contributed by atoms with Gasteiger partial charge in [-0.1, -0.05) is 0 Å². The third kappa shape index (κ3) is 3.46. The summed E-state index contributed by atoms with van der Waals surface area (Å²) in [5.41, 5.74) is 0. The Bertz CT molecular complexity index is 421. The highest BCUT2D eigenvalue weighted by atomic mass is 32.2. The number of ether oxygens (including phenoxy) is 1. The van der Waals surface area contributed by atoms with Crippen molar-refractivity contribution in [2.45, 2.75) is 4.90 Å². The number of carbonyl (C=O) groups excluding carboxylic acids is 1. The summed E-state index contributed by atoms with van der Waals surface area (Å²) < 4.78 is 42.0. The van der Waals surface area contributed by atoms with Crippen molar-refractivity contribution in [3.8, 4) is 0 Å². The van der Waals surface area contributed by atoms with Crippen LogP contribution in [0.4, 0.5) is 8.78 Å². The summed E-state index contributed by atoms with van der Waals surface area (Å²) in [6, 6.07) is 2.63. The quantitative estimate of drug-likeness (QED) is 0.788. The van der Waals surface area contributed by atoms with Crippen molar-refractivity contribution < 1.29 is 22.5 Å². The first-order valence-corrected chi connectivity index (χ1v) is 5.70. The Morgan fingerprint density at radius 3 is 2.75 bits per heavy atom. The molecule has 1 rings (SSSR count). The molecule has 0 spiro atoms. The molecular formula is C10H10F2O3S. The maximum Gasteiger partial charge on any atom is 0.171 e. The molecule has 0 saturated carbocycles. The fraction of sp³-hybridized carbons (Fsp3) is 0.300. The van der Waals surface area contributed by atoms with Crippen molar-refractivity contribution in [2.24, 2.45) is 0 Å². The van der Waals surface area contributed by atoms with Crippen molar-refractivity contribution in [1.82, 2.24) is 0 Å². The lowest BCUT2D eigenvalue weighted by Crippen LogP contribution is -2.16. The summed E-state index contributed by atoms with van der Waals surface area (Å²) in [6.07, 6.45) is 0. The zero-order valence-corrected chi connectivity index (χ0v) is 9.35. The Labute approximate surface area is 93.9 Å². The van der Waals surface area contributed by atoms with Gasteiger partial charge >= 0.3 is 0 Å². The molecule has 0 saturated heterocycles. The fourth-order valence-corrected chi connectivity index (χ4v) is 2.14. The summed E-state index contributed by atoms with van der Waals surface area (Å²) in [6.45, 7) is -0.192. The van der Waals surface area contributed by atoms with Crippen molar-refractivity contribution in [3.05, 3.63) is 29.8 Å². The molecular weight excluding hydrogens is 238 g/mol. The van der Waals surface area contributed by atoms with Crippen molar-refractivity contribution in [3.63, 3.8) is 0 Å². The zero-order valence-electron chi connectivity index (χ0n) is 8.54. The van der Waals surface area contributed by atoms with E-state index < -0.39 is 28.2 Å². The lowest BCUT2D eigenvalue weighted by molar-refractivity contribution is -0.120. The predicted octanol–water partition coefficient (Wildman–Crippen LogP) is 1.29. The molecule has 0 aliphatic heterocycles. The minimum atomic E-state index is -1.88. The second kappa shape index (κ2) is 5.81. The normalized spacial score (nSPS) is 12.4. The summed E-state index contributed by atoms with van der Waals surface area (Å²) in [7, 11) is -0.558. The van der Waals surface area contributed by atoms with Crippen LogP contribution in [0.2, 0.25) is 0 Å². The van der Waals surface area contributed by atoms with Gasteiger partial charge in [-0.3, -0.25) is 9.00 Å². The highest BCUT2D eigenvalue weighted by molar-refractivity contribution is 7.85. The maximum absolute atomic E-state index is 13.2. The van der Waals surface area contributed by atoms with Gasteiger partial charge in [0.1, 0.15) is 18.2 Å². The molecule has 3 nitrogen and oxygen atoms in total. The Kier molecular flexibility index (Phi) is 4.70. The smallest absolute Gasteiger partial charge is 0.171 e. The second-order valence-electron chi connectivity index (χ2n) is 3.04. The minimum absolute atomic E-state index is 0.192. The van der Waals surface area contributed by atoms with Gasteiger partial charge in [0.25, 0.3) is 0 Å². The first-order chi connectivity index (χ1) is 7.54. The van der Waals surface area contributed by atoms with Crippen molar-refractivity contribution >= 4 is 16.6 Å². The number of methoxy groups -OCH3 is 1. The van der Waals surface area contributed by atoms with Crippen molar-refractivity contribution in [1.29, 1.82) is 0 Å². The maximum atomic E-state index is 13.2. The van der Waals surface area contributed by atoms with E-state index in [0.717, 1.165) is 18.2 Å². The van der Waals surface area contributed by atoms with E-state index in [2.05, 4.69) is 4.74 Å². The molecule has 0 fully saturated rings. The number of benzene rings is 1. The van der Waals surface area contributed by atoms with E-state index in [1.165, 1.54) is 7.11 Å². The molecule has 1 aromatic rings. The second-order valence-corrected chi connectivity index (χ2v) is 4.46. The summed E-state index contributed by atoms with van der Waals surface area (Å²) in [5.74, 6) is -2.29. The van der Waals surface area contributed by atoms with Crippen LogP contribution >= 0.6 is 0 Å². The average molecular weight is 248 g/mol. The summed E-state index contributed by atoms with van der Waals surface area (Å²) in [5, 5.41) is 0. The van der Waals surface area contributed by atoms with Crippen LogP contribution in [0.25, 0.3) is 0 Å². The molecule has 88 valence electrons. The van der Waals surface area contributed by atoms with Crippen LogP contribution in [0.3, 0.4) is 0 Å². The number of hydrogen-bond donors (Lipinski definition) is 0. The molecule has 0 aliphatic carbocycles. The average Bonchev–Trinajstić information content (AvgIpc) is 2.21. The SMILES string of the molecule is COCC(=O)CS(=O)c1cc(F)ccc1F. The Balaban J connectivity index is 2.80. The summed E-state index contributed by atoms with van der Waals surface area (Å²) >= 11 is 0.